The van der Waals surface area contributed by atoms with Crippen LogP contribution >= 0.6 is 0 Å². The van der Waals surface area contributed by atoms with E-state index in [2.05, 4.69) is 25.7 Å². The molecule has 1 saturated heterocycles. The monoisotopic (exact) mass is 292 g/mol. The Hall–Kier alpha value is -0.0800. The molecular formula is C19H36N2. The van der Waals surface area contributed by atoms with Gasteiger partial charge in [-0.1, -0.05) is 33.6 Å². The molecule has 2 N–H and O–H groups in total. The van der Waals surface area contributed by atoms with E-state index in [9.17, 15) is 0 Å². The number of nitrogens with two attached hydrogens (primary N) is 1. The summed E-state index contributed by atoms with van der Waals surface area (Å²) in [7, 11) is 0. The molecule has 0 aromatic rings. The van der Waals surface area contributed by atoms with Crippen LogP contribution in [-0.4, -0.2) is 30.1 Å². The fourth-order valence-corrected chi connectivity index (χ4v) is 5.50. The van der Waals surface area contributed by atoms with E-state index in [1.165, 1.54) is 64.5 Å². The molecule has 2 aliphatic carbocycles. The quantitative estimate of drug-likeness (QED) is 0.832. The number of fused-ring (bicyclic) bond motifs is 1. The number of nitrogens with zero attached hydrogens (tertiary/aromatic N) is 1. The SMILES string of the molecule is CC1C(N)CCC(CN2CCC[C@H]3CCCC[C@H]32)C1(C)C. The van der Waals surface area contributed by atoms with Crippen LogP contribution < -0.4 is 5.73 Å². The summed E-state index contributed by atoms with van der Waals surface area (Å²) in [6.07, 6.45) is 11.4. The van der Waals surface area contributed by atoms with E-state index in [1.807, 2.05) is 0 Å². The van der Waals surface area contributed by atoms with Crippen molar-refractivity contribution >= 4 is 0 Å². The Bertz CT molecular complexity index is 349. The summed E-state index contributed by atoms with van der Waals surface area (Å²) in [6.45, 7) is 10.0. The first-order chi connectivity index (χ1) is 10.00. The molecule has 0 aromatic heterocycles. The third-order valence-electron chi connectivity index (χ3n) is 7.53. The number of hydrogen-bond donors (Lipinski definition) is 1. The van der Waals surface area contributed by atoms with Gasteiger partial charge in [-0.3, -0.25) is 4.90 Å². The van der Waals surface area contributed by atoms with E-state index < -0.39 is 0 Å². The van der Waals surface area contributed by atoms with Crippen LogP contribution in [0.5, 0.6) is 0 Å². The minimum atomic E-state index is 0.402. The van der Waals surface area contributed by atoms with Gasteiger partial charge in [-0.2, -0.15) is 0 Å². The molecule has 3 aliphatic rings. The Kier molecular flexibility index (Phi) is 4.66. The van der Waals surface area contributed by atoms with Gasteiger partial charge in [0.1, 0.15) is 0 Å². The smallest absolute Gasteiger partial charge is 0.0124 e. The van der Waals surface area contributed by atoms with Crippen molar-refractivity contribution in [3.8, 4) is 0 Å². The van der Waals surface area contributed by atoms with E-state index in [4.69, 9.17) is 5.73 Å². The van der Waals surface area contributed by atoms with Gasteiger partial charge < -0.3 is 5.73 Å². The molecule has 122 valence electrons. The van der Waals surface area contributed by atoms with Gasteiger partial charge >= 0.3 is 0 Å². The van der Waals surface area contributed by atoms with E-state index >= 15 is 0 Å². The molecule has 0 radical (unpaired) electrons. The Balaban J connectivity index is 1.67. The van der Waals surface area contributed by atoms with Gasteiger partial charge in [0.05, 0.1) is 0 Å². The van der Waals surface area contributed by atoms with Crippen molar-refractivity contribution < 1.29 is 0 Å². The normalized spacial score (nSPS) is 44.3. The maximum atomic E-state index is 6.34. The molecule has 0 bridgehead atoms. The van der Waals surface area contributed by atoms with Crippen LogP contribution in [0.4, 0.5) is 0 Å². The largest absolute Gasteiger partial charge is 0.327 e. The first kappa shape index (κ1) is 15.8. The van der Waals surface area contributed by atoms with Crippen LogP contribution in [-0.2, 0) is 0 Å². The lowest BCUT2D eigenvalue weighted by Gasteiger charge is -2.51. The van der Waals surface area contributed by atoms with Crippen molar-refractivity contribution in [2.24, 2.45) is 28.9 Å². The van der Waals surface area contributed by atoms with Crippen LogP contribution in [0.3, 0.4) is 0 Å². The second-order valence-corrected chi connectivity index (χ2v) is 8.80. The van der Waals surface area contributed by atoms with Crippen molar-refractivity contribution in [2.75, 3.05) is 13.1 Å². The molecule has 1 aliphatic heterocycles. The highest BCUT2D eigenvalue weighted by molar-refractivity contribution is 4.96. The lowest BCUT2D eigenvalue weighted by atomic mass is 9.61. The van der Waals surface area contributed by atoms with Gasteiger partial charge in [0.15, 0.2) is 0 Å². The highest BCUT2D eigenvalue weighted by atomic mass is 15.2. The standard InChI is InChI=1S/C19H36N2/c1-14-17(20)11-10-16(19(14,2)3)13-21-12-6-8-15-7-4-5-9-18(15)21/h14-18H,4-13,20H2,1-3H3/t14?,15-,16?,17?,18-/m1/s1. The van der Waals surface area contributed by atoms with Gasteiger partial charge in [-0.25, -0.2) is 0 Å². The molecule has 5 atom stereocenters. The van der Waals surface area contributed by atoms with Crippen LogP contribution in [0.1, 0.15) is 72.1 Å². The third-order valence-corrected chi connectivity index (χ3v) is 7.53. The molecule has 0 amide bonds. The topological polar surface area (TPSA) is 29.3 Å². The van der Waals surface area contributed by atoms with E-state index in [-0.39, 0.29) is 0 Å². The van der Waals surface area contributed by atoms with Gasteiger partial charge in [0.25, 0.3) is 0 Å². The second kappa shape index (κ2) is 6.20. The van der Waals surface area contributed by atoms with Crippen molar-refractivity contribution in [1.82, 2.24) is 4.90 Å². The molecule has 2 nitrogen and oxygen atoms in total. The lowest BCUT2D eigenvalue weighted by molar-refractivity contribution is -0.0114. The molecule has 2 saturated carbocycles. The van der Waals surface area contributed by atoms with Crippen molar-refractivity contribution in [2.45, 2.75) is 84.2 Å². The maximum absolute atomic E-state index is 6.34. The predicted octanol–water partition coefficient (Wildman–Crippen LogP) is 4.04. The summed E-state index contributed by atoms with van der Waals surface area (Å²) in [5, 5.41) is 0. The van der Waals surface area contributed by atoms with Crippen molar-refractivity contribution in [1.29, 1.82) is 0 Å². The Morgan fingerprint density at radius 3 is 2.52 bits per heavy atom. The number of piperidine rings is 1. The zero-order valence-electron chi connectivity index (χ0n) is 14.5. The van der Waals surface area contributed by atoms with E-state index in [0.29, 0.717) is 17.4 Å². The van der Waals surface area contributed by atoms with Crippen molar-refractivity contribution in [3.05, 3.63) is 0 Å². The average molecular weight is 293 g/mol. The molecule has 21 heavy (non-hydrogen) atoms. The van der Waals surface area contributed by atoms with Crippen LogP contribution in [0.25, 0.3) is 0 Å². The van der Waals surface area contributed by atoms with Gasteiger partial charge in [0.2, 0.25) is 0 Å². The fraction of sp³-hybridized carbons (Fsp3) is 1.00. The Morgan fingerprint density at radius 1 is 1.00 bits per heavy atom. The number of rotatable bonds is 2. The molecule has 3 fully saturated rings. The Morgan fingerprint density at radius 2 is 1.71 bits per heavy atom. The summed E-state index contributed by atoms with van der Waals surface area (Å²) in [4.78, 5) is 2.89. The van der Waals surface area contributed by atoms with E-state index in [0.717, 1.165) is 17.9 Å². The maximum Gasteiger partial charge on any atom is 0.0124 e. The highest BCUT2D eigenvalue weighted by Gasteiger charge is 2.43. The fourth-order valence-electron chi connectivity index (χ4n) is 5.50. The van der Waals surface area contributed by atoms with Crippen molar-refractivity contribution in [3.63, 3.8) is 0 Å². The summed E-state index contributed by atoms with van der Waals surface area (Å²) in [5.41, 5.74) is 6.74. The van der Waals surface area contributed by atoms with Gasteiger partial charge in [-0.05, 0) is 68.2 Å². The molecule has 0 aromatic carbocycles. The molecule has 3 unspecified atom stereocenters. The van der Waals surface area contributed by atoms with Gasteiger partial charge in [-0.15, -0.1) is 0 Å². The minimum Gasteiger partial charge on any atom is -0.327 e. The van der Waals surface area contributed by atoms with Crippen LogP contribution in [0, 0.1) is 23.2 Å². The van der Waals surface area contributed by atoms with E-state index in [1.54, 1.807) is 0 Å². The summed E-state index contributed by atoms with van der Waals surface area (Å²) < 4.78 is 0. The molecule has 1 heterocycles. The summed E-state index contributed by atoms with van der Waals surface area (Å²) in [5.74, 6) is 2.51. The summed E-state index contributed by atoms with van der Waals surface area (Å²) >= 11 is 0. The van der Waals surface area contributed by atoms with Crippen LogP contribution in [0.2, 0.25) is 0 Å². The first-order valence-electron chi connectivity index (χ1n) is 9.49. The molecule has 3 rings (SSSR count). The predicted molar refractivity (Wildman–Crippen MR) is 90.2 cm³/mol. The zero-order chi connectivity index (χ0) is 15.0. The van der Waals surface area contributed by atoms with Gasteiger partial charge in [0, 0.05) is 18.6 Å². The summed E-state index contributed by atoms with van der Waals surface area (Å²) in [6, 6.07) is 1.33. The minimum absolute atomic E-state index is 0.402. The number of hydrogen-bond acceptors (Lipinski definition) is 2. The molecule has 0 spiro atoms. The number of likely N-dealkylation sites (tertiary alicyclic amines) is 1. The second-order valence-electron chi connectivity index (χ2n) is 8.80. The molecule has 2 heteroatoms. The molecular weight excluding hydrogens is 256 g/mol. The zero-order valence-corrected chi connectivity index (χ0v) is 14.5. The van der Waals surface area contributed by atoms with Crippen LogP contribution in [0.15, 0.2) is 0 Å². The lowest BCUT2D eigenvalue weighted by Crippen LogP contribution is -2.54. The average Bonchev–Trinajstić information content (AvgIpc) is 2.48. The Labute approximate surface area is 131 Å². The third kappa shape index (κ3) is 3.03. The first-order valence-corrected chi connectivity index (χ1v) is 9.49. The highest BCUT2D eigenvalue weighted by Crippen LogP contribution is 2.46.